The minimum atomic E-state index is -2.14. The number of ketones is 1. The van der Waals surface area contributed by atoms with E-state index in [0.29, 0.717) is 6.42 Å². The molecule has 0 heterocycles. The van der Waals surface area contributed by atoms with Crippen LogP contribution in [0.3, 0.4) is 0 Å². The van der Waals surface area contributed by atoms with Crippen molar-refractivity contribution in [2.24, 2.45) is 28.6 Å². The highest BCUT2D eigenvalue weighted by Gasteiger charge is 2.59. The lowest BCUT2D eigenvalue weighted by Crippen LogP contribution is -2.51. The standard InChI is InChI=1S/C22H32O3/c1-4-20(24)25-19-8-7-17-16-6-5-14-13-15(23)9-11-21(14,2)18(16)10-12-22(17,19)3/h13,16-19H,4-12H2,1-3H3/t16-,17-,18-,19-,21-,22-/m0/s1/i5D2,9D2,13D. The molecule has 25 heavy (non-hydrogen) atoms. The van der Waals surface area contributed by atoms with E-state index in [0.717, 1.165) is 25.7 Å². The minimum Gasteiger partial charge on any atom is -0.462 e. The van der Waals surface area contributed by atoms with Gasteiger partial charge in [-0.3, -0.25) is 9.59 Å². The van der Waals surface area contributed by atoms with Crippen molar-refractivity contribution in [1.29, 1.82) is 0 Å². The van der Waals surface area contributed by atoms with Crippen LogP contribution >= 0.6 is 0 Å². The van der Waals surface area contributed by atoms with Crippen molar-refractivity contribution in [3.63, 3.8) is 0 Å². The molecule has 0 bridgehead atoms. The molecule has 6 atom stereocenters. The number of carbonyl (C=O) groups excluding carboxylic acids is 2. The second-order valence-corrected chi connectivity index (χ2v) is 8.81. The molecular formula is C22H32O3. The number of ether oxygens (including phenoxy) is 1. The molecule has 138 valence electrons. The van der Waals surface area contributed by atoms with Crippen LogP contribution in [0.4, 0.5) is 0 Å². The van der Waals surface area contributed by atoms with Crippen molar-refractivity contribution in [2.75, 3.05) is 0 Å². The van der Waals surface area contributed by atoms with Gasteiger partial charge in [0.15, 0.2) is 5.78 Å². The quantitative estimate of drug-likeness (QED) is 0.670. The van der Waals surface area contributed by atoms with E-state index in [2.05, 4.69) is 6.92 Å². The molecule has 3 nitrogen and oxygen atoms in total. The molecule has 0 saturated heterocycles. The summed E-state index contributed by atoms with van der Waals surface area (Å²) >= 11 is 0. The Labute approximate surface area is 158 Å². The van der Waals surface area contributed by atoms with Gasteiger partial charge in [-0.15, -0.1) is 0 Å². The van der Waals surface area contributed by atoms with Crippen LogP contribution in [0.2, 0.25) is 0 Å². The van der Waals surface area contributed by atoms with Crippen LogP contribution in [0.25, 0.3) is 0 Å². The molecule has 0 unspecified atom stereocenters. The summed E-state index contributed by atoms with van der Waals surface area (Å²) < 4.78 is 48.2. The van der Waals surface area contributed by atoms with Crippen molar-refractivity contribution in [3.05, 3.63) is 11.6 Å². The average molecular weight is 350 g/mol. The van der Waals surface area contributed by atoms with Crippen molar-refractivity contribution >= 4 is 11.8 Å². The van der Waals surface area contributed by atoms with Gasteiger partial charge in [0.05, 0.1) is 1.37 Å². The first-order chi connectivity index (χ1) is 13.8. The summed E-state index contributed by atoms with van der Waals surface area (Å²) in [7, 11) is 0. The molecule has 3 heteroatoms. The predicted octanol–water partition coefficient (Wildman–Crippen LogP) is 4.84. The number of rotatable bonds is 2. The molecule has 4 aliphatic rings. The average Bonchev–Trinajstić information content (AvgIpc) is 2.95. The zero-order valence-electron chi connectivity index (χ0n) is 20.5. The molecule has 0 radical (unpaired) electrons. The normalized spacial score (nSPS) is 53.2. The summed E-state index contributed by atoms with van der Waals surface area (Å²) in [6, 6.07) is -0.452. The van der Waals surface area contributed by atoms with Crippen LogP contribution in [0.5, 0.6) is 0 Å². The Bertz CT molecular complexity index is 822. The van der Waals surface area contributed by atoms with Gasteiger partial charge >= 0.3 is 5.97 Å². The summed E-state index contributed by atoms with van der Waals surface area (Å²) in [5, 5.41) is 0. The smallest absolute Gasteiger partial charge is 0.305 e. The van der Waals surface area contributed by atoms with Crippen molar-refractivity contribution < 1.29 is 21.2 Å². The Morgan fingerprint density at radius 2 is 2.04 bits per heavy atom. The highest BCUT2D eigenvalue weighted by atomic mass is 16.5. The molecular weight excluding hydrogens is 312 g/mol. The second-order valence-electron chi connectivity index (χ2n) is 8.81. The van der Waals surface area contributed by atoms with Gasteiger partial charge in [0.2, 0.25) is 0 Å². The van der Waals surface area contributed by atoms with Crippen molar-refractivity contribution in [1.82, 2.24) is 0 Å². The van der Waals surface area contributed by atoms with Gasteiger partial charge in [-0.2, -0.15) is 0 Å². The van der Waals surface area contributed by atoms with Gasteiger partial charge in [0, 0.05) is 23.7 Å². The van der Waals surface area contributed by atoms with Gasteiger partial charge in [-0.25, -0.2) is 0 Å². The van der Waals surface area contributed by atoms with Gasteiger partial charge in [-0.05, 0) is 74.1 Å². The second kappa shape index (κ2) is 5.96. The Balaban J connectivity index is 1.74. The maximum absolute atomic E-state index is 12.5. The van der Waals surface area contributed by atoms with E-state index in [1.54, 1.807) is 6.92 Å². The number of carbonyl (C=O) groups is 2. The molecule has 0 aromatic rings. The zero-order chi connectivity index (χ0) is 22.3. The van der Waals surface area contributed by atoms with Crippen LogP contribution in [0.1, 0.15) is 85.3 Å². The third kappa shape index (κ3) is 2.52. The molecule has 4 aliphatic carbocycles. The highest BCUT2D eigenvalue weighted by molar-refractivity contribution is 5.91. The summed E-state index contributed by atoms with van der Waals surface area (Å²) in [4.78, 5) is 24.4. The number of fused-ring (bicyclic) bond motifs is 5. The molecule has 0 amide bonds. The first kappa shape index (κ1) is 12.3. The Hall–Kier alpha value is -1.12. The topological polar surface area (TPSA) is 43.4 Å². The lowest BCUT2D eigenvalue weighted by Gasteiger charge is -2.57. The van der Waals surface area contributed by atoms with E-state index in [1.807, 2.05) is 6.92 Å². The number of hydrogen-bond acceptors (Lipinski definition) is 3. The summed E-state index contributed by atoms with van der Waals surface area (Å²) in [5.74, 6) is -0.839. The summed E-state index contributed by atoms with van der Waals surface area (Å²) in [5.41, 5.74) is -0.833. The number of esters is 1. The monoisotopic (exact) mass is 349 g/mol. The zero-order valence-corrected chi connectivity index (χ0v) is 15.5. The molecule has 0 spiro atoms. The Morgan fingerprint density at radius 1 is 1.24 bits per heavy atom. The van der Waals surface area contributed by atoms with E-state index < -0.39 is 30.0 Å². The number of hydrogen-bond donors (Lipinski definition) is 0. The van der Waals surface area contributed by atoms with Gasteiger partial charge in [0.1, 0.15) is 6.10 Å². The highest BCUT2D eigenvalue weighted by Crippen LogP contribution is 2.65. The Kier molecular flexibility index (Phi) is 2.93. The molecule has 3 fully saturated rings. The van der Waals surface area contributed by atoms with Crippen LogP contribution < -0.4 is 0 Å². The third-order valence-electron chi connectivity index (χ3n) is 7.67. The fourth-order valence-corrected chi connectivity index (χ4v) is 6.19. The first-order valence-corrected chi connectivity index (χ1v) is 9.74. The molecule has 4 rings (SSSR count). The van der Waals surface area contributed by atoms with Crippen LogP contribution in [-0.4, -0.2) is 17.9 Å². The molecule has 0 aliphatic heterocycles. The third-order valence-corrected chi connectivity index (χ3v) is 7.67. The van der Waals surface area contributed by atoms with Crippen LogP contribution in [0.15, 0.2) is 11.6 Å². The van der Waals surface area contributed by atoms with Gasteiger partial charge < -0.3 is 4.74 Å². The van der Waals surface area contributed by atoms with E-state index in [-0.39, 0.29) is 53.7 Å². The predicted molar refractivity (Wildman–Crippen MR) is 96.9 cm³/mol. The van der Waals surface area contributed by atoms with E-state index >= 15 is 0 Å². The van der Waals surface area contributed by atoms with E-state index in [4.69, 9.17) is 11.6 Å². The maximum Gasteiger partial charge on any atom is 0.305 e. The SMILES string of the molecule is [2H]C1=C2C([2H])([2H])C[C@H]3[C@@H]4CC[C@H](OC(=O)CC)[C@@]4(C)CC[C@@H]3[C@@]2(C)CC([2H])([2H])C1=O. The largest absolute Gasteiger partial charge is 0.462 e. The first-order valence-electron chi connectivity index (χ1n) is 12.2. The van der Waals surface area contributed by atoms with Gasteiger partial charge in [-0.1, -0.05) is 26.3 Å². The summed E-state index contributed by atoms with van der Waals surface area (Å²) in [6.07, 6.45) is -0.331. The lowest BCUT2D eigenvalue weighted by molar-refractivity contribution is -0.159. The fraction of sp³-hybridized carbons (Fsp3) is 0.818. The number of allylic oxidation sites excluding steroid dienone is 1. The van der Waals surface area contributed by atoms with Crippen molar-refractivity contribution in [2.45, 2.75) is 84.6 Å². The minimum absolute atomic E-state index is 0.0228. The Morgan fingerprint density at radius 3 is 2.80 bits per heavy atom. The van der Waals surface area contributed by atoms with E-state index in [1.165, 1.54) is 0 Å². The van der Waals surface area contributed by atoms with Crippen molar-refractivity contribution in [3.8, 4) is 0 Å². The molecule has 0 N–H and O–H groups in total. The van der Waals surface area contributed by atoms with Gasteiger partial charge in [0.25, 0.3) is 0 Å². The molecule has 3 saturated carbocycles. The lowest BCUT2D eigenvalue weighted by atomic mass is 9.47. The van der Waals surface area contributed by atoms with E-state index in [9.17, 15) is 9.59 Å². The van der Waals surface area contributed by atoms with Crippen LogP contribution in [-0.2, 0) is 14.3 Å². The fourth-order valence-electron chi connectivity index (χ4n) is 6.19. The maximum atomic E-state index is 12.5. The van der Waals surface area contributed by atoms with Crippen LogP contribution in [0, 0.1) is 28.6 Å². The molecule has 0 aromatic carbocycles. The summed E-state index contributed by atoms with van der Waals surface area (Å²) in [6.45, 7) is 5.83. The molecule has 0 aromatic heterocycles.